The average Bonchev–Trinajstić information content (AvgIpc) is 2.99. The van der Waals surface area contributed by atoms with Crippen LogP contribution < -0.4 is 10.1 Å². The van der Waals surface area contributed by atoms with E-state index in [0.29, 0.717) is 24.0 Å². The zero-order chi connectivity index (χ0) is 18.0. The van der Waals surface area contributed by atoms with Gasteiger partial charge in [0.25, 0.3) is 0 Å². The van der Waals surface area contributed by atoms with Crippen LogP contribution in [-0.4, -0.2) is 50.8 Å². The molecule has 1 unspecified atom stereocenters. The summed E-state index contributed by atoms with van der Waals surface area (Å²) in [6.07, 6.45) is 7.18. The highest BCUT2D eigenvalue weighted by atomic mass is 19.1. The van der Waals surface area contributed by atoms with Crippen LogP contribution in [0.4, 0.5) is 10.2 Å². The molecule has 6 rings (SSSR count). The Hall–Kier alpha value is -2.67. The van der Waals surface area contributed by atoms with E-state index in [4.69, 9.17) is 9.72 Å². The lowest BCUT2D eigenvalue weighted by Gasteiger charge is -2.26. The molecule has 0 radical (unpaired) electrons. The maximum absolute atomic E-state index is 14.2. The van der Waals surface area contributed by atoms with E-state index in [1.807, 2.05) is 18.3 Å². The molecular weight excluding hydrogens is 345 g/mol. The first-order valence-electron chi connectivity index (χ1n) is 9.51. The molecule has 2 fully saturated rings. The minimum Gasteiger partial charge on any atom is -0.492 e. The first kappa shape index (κ1) is 15.4. The van der Waals surface area contributed by atoms with E-state index in [1.54, 1.807) is 10.7 Å². The molecule has 1 aromatic carbocycles. The summed E-state index contributed by atoms with van der Waals surface area (Å²) in [7, 11) is 0. The Kier molecular flexibility index (Phi) is 3.09. The maximum atomic E-state index is 14.2. The lowest BCUT2D eigenvalue weighted by molar-refractivity contribution is 0.182. The van der Waals surface area contributed by atoms with Crippen LogP contribution in [0.1, 0.15) is 19.3 Å². The Morgan fingerprint density at radius 2 is 2.22 bits per heavy atom. The molecule has 4 bridgehead atoms. The summed E-state index contributed by atoms with van der Waals surface area (Å²) in [5.74, 6) is 1.09. The molecular formula is C20H20FN5O. The lowest BCUT2D eigenvalue weighted by atomic mass is 10.1. The lowest BCUT2D eigenvalue weighted by Crippen LogP contribution is -2.39. The molecule has 1 saturated heterocycles. The van der Waals surface area contributed by atoms with Gasteiger partial charge < -0.3 is 10.1 Å². The van der Waals surface area contributed by atoms with Gasteiger partial charge in [-0.15, -0.1) is 0 Å². The molecule has 1 N–H and O–H groups in total. The first-order valence-corrected chi connectivity index (χ1v) is 9.51. The van der Waals surface area contributed by atoms with Crippen molar-refractivity contribution in [1.82, 2.24) is 19.5 Å². The molecule has 2 aromatic heterocycles. The van der Waals surface area contributed by atoms with Crippen molar-refractivity contribution < 1.29 is 9.13 Å². The van der Waals surface area contributed by atoms with Crippen molar-refractivity contribution >= 4 is 11.5 Å². The monoisotopic (exact) mass is 365 g/mol. The van der Waals surface area contributed by atoms with Gasteiger partial charge in [0.1, 0.15) is 24.0 Å². The van der Waals surface area contributed by atoms with E-state index in [-0.39, 0.29) is 11.4 Å². The number of nitrogens with zero attached hydrogens (tertiary/aromatic N) is 4. The van der Waals surface area contributed by atoms with Gasteiger partial charge in [-0.1, -0.05) is 0 Å². The number of aromatic nitrogens is 3. The molecule has 0 amide bonds. The van der Waals surface area contributed by atoms with Crippen LogP contribution in [0.2, 0.25) is 0 Å². The summed E-state index contributed by atoms with van der Waals surface area (Å²) >= 11 is 0. The maximum Gasteiger partial charge on any atom is 0.165 e. The number of ether oxygens (including phenoxy) is 1. The SMILES string of the molecule is Fc1cc2cc(c1)-c1cnn3ccc(nc13)NC1C[C@@]13CCCN3CCO2. The second-order valence-electron chi connectivity index (χ2n) is 7.76. The van der Waals surface area contributed by atoms with E-state index in [0.717, 1.165) is 36.5 Å². The van der Waals surface area contributed by atoms with Crippen LogP contribution in [0.3, 0.4) is 0 Å². The Morgan fingerprint density at radius 1 is 1.26 bits per heavy atom. The van der Waals surface area contributed by atoms with E-state index in [9.17, 15) is 4.39 Å². The minimum absolute atomic E-state index is 0.220. The Morgan fingerprint density at radius 3 is 3.19 bits per heavy atom. The zero-order valence-corrected chi connectivity index (χ0v) is 14.9. The van der Waals surface area contributed by atoms with E-state index < -0.39 is 0 Å². The summed E-state index contributed by atoms with van der Waals surface area (Å²) in [5, 5.41) is 7.99. The third-order valence-corrected chi connectivity index (χ3v) is 6.22. The number of halogens is 1. The number of fused-ring (bicyclic) bond motifs is 4. The predicted octanol–water partition coefficient (Wildman–Crippen LogP) is 2.95. The smallest absolute Gasteiger partial charge is 0.165 e. The molecule has 6 nitrogen and oxygen atoms in total. The van der Waals surface area contributed by atoms with E-state index >= 15 is 0 Å². The van der Waals surface area contributed by atoms with E-state index in [1.165, 1.54) is 25.0 Å². The standard InChI is InChI=1S/C20H20FN5O/c21-14-8-13-9-15(10-14)27-7-6-25-4-1-3-20(25)11-17(20)23-18-2-5-26-19(24-18)16(13)12-22-26/h2,5,8-10,12,17H,1,3-4,6-7,11H2,(H,23,24)/t17?,20-/m0/s1. The second kappa shape index (κ2) is 5.42. The highest BCUT2D eigenvalue weighted by Crippen LogP contribution is 2.51. The summed E-state index contributed by atoms with van der Waals surface area (Å²) in [4.78, 5) is 7.31. The largest absolute Gasteiger partial charge is 0.492 e. The third kappa shape index (κ3) is 2.34. The van der Waals surface area contributed by atoms with Crippen molar-refractivity contribution in [2.45, 2.75) is 30.8 Å². The molecule has 1 aliphatic carbocycles. The van der Waals surface area contributed by atoms with Crippen LogP contribution in [-0.2, 0) is 0 Å². The molecule has 2 aliphatic heterocycles. The van der Waals surface area contributed by atoms with Crippen molar-refractivity contribution in [2.24, 2.45) is 0 Å². The fourth-order valence-electron chi connectivity index (χ4n) is 4.80. The molecule has 2 atom stereocenters. The normalized spacial score (nSPS) is 26.8. The van der Waals surface area contributed by atoms with Gasteiger partial charge >= 0.3 is 0 Å². The fraction of sp³-hybridized carbons (Fsp3) is 0.400. The fourth-order valence-corrected chi connectivity index (χ4v) is 4.80. The summed E-state index contributed by atoms with van der Waals surface area (Å²) in [5.41, 5.74) is 2.46. The number of benzene rings is 1. The van der Waals surface area contributed by atoms with Crippen LogP contribution >= 0.6 is 0 Å². The predicted molar refractivity (Wildman–Crippen MR) is 99.4 cm³/mol. The van der Waals surface area contributed by atoms with Gasteiger partial charge in [0.05, 0.1) is 6.20 Å². The van der Waals surface area contributed by atoms with Gasteiger partial charge in [-0.05, 0) is 49.6 Å². The van der Waals surface area contributed by atoms with E-state index in [2.05, 4.69) is 15.3 Å². The van der Waals surface area contributed by atoms with Crippen LogP contribution in [0.15, 0.2) is 36.7 Å². The van der Waals surface area contributed by atoms with Crippen LogP contribution in [0.25, 0.3) is 16.8 Å². The summed E-state index contributed by atoms with van der Waals surface area (Å²) in [6.45, 7) is 2.51. The molecule has 1 saturated carbocycles. The minimum atomic E-state index is -0.317. The van der Waals surface area contributed by atoms with Crippen LogP contribution in [0, 0.1) is 5.82 Å². The molecule has 3 aliphatic rings. The number of nitrogens with one attached hydrogen (secondary N) is 1. The van der Waals surface area contributed by atoms with Crippen LogP contribution in [0.5, 0.6) is 5.75 Å². The number of rotatable bonds is 0. The van der Waals surface area contributed by atoms with Gasteiger partial charge in [0, 0.05) is 36.0 Å². The quantitative estimate of drug-likeness (QED) is 0.664. The van der Waals surface area contributed by atoms with Gasteiger partial charge in [-0.3, -0.25) is 4.90 Å². The Bertz CT molecular complexity index is 1050. The Balaban J connectivity index is 1.49. The number of anilines is 1. The second-order valence-corrected chi connectivity index (χ2v) is 7.76. The molecule has 7 heteroatoms. The first-order chi connectivity index (χ1) is 13.2. The van der Waals surface area contributed by atoms with Gasteiger partial charge in [0.2, 0.25) is 0 Å². The third-order valence-electron chi connectivity index (χ3n) is 6.22. The Labute approximate surface area is 156 Å². The van der Waals surface area contributed by atoms with Crippen molar-refractivity contribution in [1.29, 1.82) is 0 Å². The molecule has 1 spiro atoms. The van der Waals surface area contributed by atoms with Gasteiger partial charge in [-0.2, -0.15) is 5.10 Å². The molecule has 138 valence electrons. The molecule has 4 heterocycles. The molecule has 3 aromatic rings. The van der Waals surface area contributed by atoms with Crippen molar-refractivity contribution in [3.63, 3.8) is 0 Å². The van der Waals surface area contributed by atoms with Gasteiger partial charge in [-0.25, -0.2) is 13.9 Å². The average molecular weight is 365 g/mol. The topological polar surface area (TPSA) is 54.7 Å². The number of hydrogen-bond acceptors (Lipinski definition) is 5. The number of hydrogen-bond donors (Lipinski definition) is 1. The summed E-state index contributed by atoms with van der Waals surface area (Å²) in [6, 6.07) is 7.19. The zero-order valence-electron chi connectivity index (χ0n) is 14.9. The van der Waals surface area contributed by atoms with Crippen molar-refractivity contribution in [3.8, 4) is 16.9 Å². The summed E-state index contributed by atoms with van der Waals surface area (Å²) < 4.78 is 21.9. The van der Waals surface area contributed by atoms with Gasteiger partial charge in [0.15, 0.2) is 5.65 Å². The van der Waals surface area contributed by atoms with Crippen molar-refractivity contribution in [3.05, 3.63) is 42.5 Å². The molecule has 27 heavy (non-hydrogen) atoms. The highest BCUT2D eigenvalue weighted by Gasteiger charge is 2.60. The van der Waals surface area contributed by atoms with Crippen molar-refractivity contribution in [2.75, 3.05) is 25.0 Å². The highest BCUT2D eigenvalue weighted by molar-refractivity contribution is 5.78.